The molecule has 1 aromatic carbocycles. The molecule has 1 atom stereocenters. The molecular weight excluding hydrogens is 313 g/mol. The van der Waals surface area contributed by atoms with Gasteiger partial charge in [0.15, 0.2) is 0 Å². The molecule has 1 saturated carbocycles. The van der Waals surface area contributed by atoms with E-state index in [1.54, 1.807) is 40.6 Å². The highest BCUT2D eigenvalue weighted by molar-refractivity contribution is 7.11. The van der Waals surface area contributed by atoms with Gasteiger partial charge < -0.3 is 10.2 Å². The molecule has 0 aliphatic heterocycles. The Balaban J connectivity index is 1.71. The van der Waals surface area contributed by atoms with Gasteiger partial charge in [0.25, 0.3) is 0 Å². The van der Waals surface area contributed by atoms with Gasteiger partial charge >= 0.3 is 6.03 Å². The van der Waals surface area contributed by atoms with Crippen LogP contribution in [0.1, 0.15) is 41.3 Å². The fourth-order valence-corrected chi connectivity index (χ4v) is 3.45. The van der Waals surface area contributed by atoms with Crippen LogP contribution in [0.15, 0.2) is 30.5 Å². The van der Waals surface area contributed by atoms with Crippen molar-refractivity contribution in [3.8, 4) is 0 Å². The number of hydrogen-bond donors (Lipinski definition) is 1. The van der Waals surface area contributed by atoms with Gasteiger partial charge in [-0.25, -0.2) is 14.2 Å². The van der Waals surface area contributed by atoms with Gasteiger partial charge in [-0.15, -0.1) is 11.3 Å². The third kappa shape index (κ3) is 3.69. The van der Waals surface area contributed by atoms with Crippen molar-refractivity contribution in [2.24, 2.45) is 0 Å². The lowest BCUT2D eigenvalue weighted by Gasteiger charge is -2.30. The van der Waals surface area contributed by atoms with Gasteiger partial charge in [-0.05, 0) is 32.8 Å². The third-order valence-electron chi connectivity index (χ3n) is 4.03. The van der Waals surface area contributed by atoms with Crippen molar-refractivity contribution in [1.29, 1.82) is 0 Å². The Hall–Kier alpha value is -1.95. The lowest BCUT2D eigenvalue weighted by molar-refractivity contribution is 0.173. The first kappa shape index (κ1) is 15.9. The van der Waals surface area contributed by atoms with E-state index in [9.17, 15) is 9.18 Å². The molecule has 2 aromatic rings. The Morgan fingerprint density at radius 1 is 1.48 bits per heavy atom. The van der Waals surface area contributed by atoms with E-state index < -0.39 is 0 Å². The molecule has 6 heteroatoms. The molecule has 2 amide bonds. The number of benzene rings is 1. The molecule has 0 saturated heterocycles. The van der Waals surface area contributed by atoms with Crippen LogP contribution in [0.4, 0.5) is 9.18 Å². The van der Waals surface area contributed by atoms with Gasteiger partial charge in [-0.1, -0.05) is 18.2 Å². The molecule has 1 heterocycles. The topological polar surface area (TPSA) is 45.2 Å². The highest BCUT2D eigenvalue weighted by atomic mass is 32.1. The van der Waals surface area contributed by atoms with E-state index >= 15 is 0 Å². The molecule has 1 aliphatic carbocycles. The largest absolute Gasteiger partial charge is 0.333 e. The van der Waals surface area contributed by atoms with Crippen LogP contribution >= 0.6 is 11.3 Å². The standard InChI is InChI=1S/C17H20FN3OS/c1-11(15-5-3-4-6-16(15)18)21(13-7-8-13)17(22)20-10-14-9-19-12(2)23-14/h3-6,9,11,13H,7-8,10H2,1-2H3,(H,20,22)/t11-/m0/s1. The summed E-state index contributed by atoms with van der Waals surface area (Å²) in [5, 5.41) is 3.92. The van der Waals surface area contributed by atoms with Gasteiger partial charge in [-0.3, -0.25) is 0 Å². The van der Waals surface area contributed by atoms with Crippen molar-refractivity contribution in [2.75, 3.05) is 0 Å². The Kier molecular flexibility index (Phi) is 4.61. The number of carbonyl (C=O) groups excluding carboxylic acids is 1. The summed E-state index contributed by atoms with van der Waals surface area (Å²) in [4.78, 5) is 19.6. The van der Waals surface area contributed by atoms with E-state index in [1.165, 1.54) is 6.07 Å². The number of thiazole rings is 1. The van der Waals surface area contributed by atoms with Crippen molar-refractivity contribution in [2.45, 2.75) is 45.3 Å². The molecule has 0 bridgehead atoms. The van der Waals surface area contributed by atoms with Crippen LogP contribution < -0.4 is 5.32 Å². The van der Waals surface area contributed by atoms with Crippen molar-refractivity contribution in [3.63, 3.8) is 0 Å². The van der Waals surface area contributed by atoms with Crippen LogP contribution in [0, 0.1) is 12.7 Å². The molecule has 4 nitrogen and oxygen atoms in total. The summed E-state index contributed by atoms with van der Waals surface area (Å²) in [7, 11) is 0. The second kappa shape index (κ2) is 6.66. The summed E-state index contributed by atoms with van der Waals surface area (Å²) in [5.41, 5.74) is 0.559. The highest BCUT2D eigenvalue weighted by Gasteiger charge is 2.36. The van der Waals surface area contributed by atoms with Gasteiger partial charge in [0.1, 0.15) is 5.82 Å². The smallest absolute Gasteiger partial charge is 0.318 e. The second-order valence-corrected chi connectivity index (χ2v) is 7.16. The van der Waals surface area contributed by atoms with Crippen LogP contribution in [0.2, 0.25) is 0 Å². The Morgan fingerprint density at radius 2 is 2.22 bits per heavy atom. The zero-order valence-corrected chi connectivity index (χ0v) is 14.1. The summed E-state index contributed by atoms with van der Waals surface area (Å²) in [6.45, 7) is 4.28. The first-order chi connectivity index (χ1) is 11.1. The summed E-state index contributed by atoms with van der Waals surface area (Å²) in [6.07, 6.45) is 3.74. The van der Waals surface area contributed by atoms with Gasteiger partial charge in [0.05, 0.1) is 17.6 Å². The van der Waals surface area contributed by atoms with Gasteiger partial charge in [0, 0.05) is 22.7 Å². The number of aryl methyl sites for hydroxylation is 1. The molecule has 0 unspecified atom stereocenters. The number of nitrogens with one attached hydrogen (secondary N) is 1. The van der Waals surface area contributed by atoms with E-state index in [0.717, 1.165) is 22.7 Å². The van der Waals surface area contributed by atoms with Crippen molar-refractivity contribution < 1.29 is 9.18 Å². The first-order valence-corrected chi connectivity index (χ1v) is 8.60. The minimum Gasteiger partial charge on any atom is -0.333 e. The molecule has 0 radical (unpaired) electrons. The van der Waals surface area contributed by atoms with Crippen LogP contribution in [-0.4, -0.2) is 22.0 Å². The van der Waals surface area contributed by atoms with Crippen molar-refractivity contribution in [1.82, 2.24) is 15.2 Å². The number of aromatic nitrogens is 1. The lowest BCUT2D eigenvalue weighted by Crippen LogP contribution is -2.42. The molecule has 1 N–H and O–H groups in total. The van der Waals surface area contributed by atoms with E-state index in [0.29, 0.717) is 12.1 Å². The maximum absolute atomic E-state index is 14.0. The Morgan fingerprint density at radius 3 is 2.83 bits per heavy atom. The zero-order valence-electron chi connectivity index (χ0n) is 13.3. The zero-order chi connectivity index (χ0) is 16.4. The molecule has 122 valence electrons. The van der Waals surface area contributed by atoms with E-state index in [4.69, 9.17) is 0 Å². The molecule has 3 rings (SSSR count). The monoisotopic (exact) mass is 333 g/mol. The number of nitrogens with zero attached hydrogens (tertiary/aromatic N) is 2. The summed E-state index contributed by atoms with van der Waals surface area (Å²) in [6, 6.07) is 6.43. The number of carbonyl (C=O) groups is 1. The molecule has 23 heavy (non-hydrogen) atoms. The van der Waals surface area contributed by atoms with Crippen LogP contribution in [-0.2, 0) is 6.54 Å². The van der Waals surface area contributed by atoms with Crippen LogP contribution in [0.3, 0.4) is 0 Å². The normalized spacial score (nSPS) is 15.3. The molecular formula is C17H20FN3OS. The van der Waals surface area contributed by atoms with Crippen molar-refractivity contribution >= 4 is 17.4 Å². The Bertz CT molecular complexity index is 699. The number of amides is 2. The van der Waals surface area contributed by atoms with E-state index in [2.05, 4.69) is 10.3 Å². The number of rotatable bonds is 5. The third-order valence-corrected chi connectivity index (χ3v) is 4.94. The molecule has 1 fully saturated rings. The minimum absolute atomic E-state index is 0.144. The van der Waals surface area contributed by atoms with Gasteiger partial charge in [0.2, 0.25) is 0 Å². The minimum atomic E-state index is -0.285. The molecule has 1 aliphatic rings. The van der Waals surface area contributed by atoms with Crippen LogP contribution in [0.5, 0.6) is 0 Å². The predicted molar refractivity (Wildman–Crippen MR) is 88.8 cm³/mol. The lowest BCUT2D eigenvalue weighted by atomic mass is 10.1. The fraction of sp³-hybridized carbons (Fsp3) is 0.412. The molecule has 1 aromatic heterocycles. The summed E-state index contributed by atoms with van der Waals surface area (Å²) in [5.74, 6) is -0.267. The fourth-order valence-electron chi connectivity index (χ4n) is 2.72. The van der Waals surface area contributed by atoms with Gasteiger partial charge in [-0.2, -0.15) is 0 Å². The highest BCUT2D eigenvalue weighted by Crippen LogP contribution is 2.35. The molecule has 0 spiro atoms. The van der Waals surface area contributed by atoms with E-state index in [1.807, 2.05) is 13.8 Å². The SMILES string of the molecule is Cc1ncc(CNC(=O)N(C2CC2)[C@@H](C)c2ccccc2F)s1. The number of urea groups is 1. The average molecular weight is 333 g/mol. The first-order valence-electron chi connectivity index (χ1n) is 7.78. The maximum Gasteiger partial charge on any atom is 0.318 e. The van der Waals surface area contributed by atoms with Crippen LogP contribution in [0.25, 0.3) is 0 Å². The maximum atomic E-state index is 14.0. The quantitative estimate of drug-likeness (QED) is 0.898. The summed E-state index contributed by atoms with van der Waals surface area (Å²) < 4.78 is 14.0. The van der Waals surface area contributed by atoms with E-state index in [-0.39, 0.29) is 23.9 Å². The second-order valence-electron chi connectivity index (χ2n) is 5.84. The number of hydrogen-bond acceptors (Lipinski definition) is 3. The Labute approximate surface area is 139 Å². The average Bonchev–Trinajstić information content (AvgIpc) is 3.27. The predicted octanol–water partition coefficient (Wildman–Crippen LogP) is 4.03. The number of halogens is 1. The van der Waals surface area contributed by atoms with Crippen molar-refractivity contribution in [3.05, 3.63) is 51.7 Å². The summed E-state index contributed by atoms with van der Waals surface area (Å²) >= 11 is 1.57.